The van der Waals surface area contributed by atoms with Gasteiger partial charge in [-0.2, -0.15) is 0 Å². The smallest absolute Gasteiger partial charge is 0.189 e. The van der Waals surface area contributed by atoms with Gasteiger partial charge in [0.15, 0.2) is 21.4 Å². The van der Waals surface area contributed by atoms with E-state index in [0.717, 1.165) is 12.1 Å². The molecule has 0 N–H and O–H groups in total. The number of benzene rings is 2. The molecule has 0 bridgehead atoms. The van der Waals surface area contributed by atoms with Gasteiger partial charge in [-0.1, -0.05) is 18.5 Å². The summed E-state index contributed by atoms with van der Waals surface area (Å²) in [7, 11) is -4.12. The van der Waals surface area contributed by atoms with Crippen LogP contribution >= 0.6 is 11.6 Å². The standard InChI is InChI=1S/C20H19ClF2O4S/c1-2-17-14-11-27-19-16(23)8-7-15(22)18(19)20(14,9-10-26-17)28(24,25)13-5-3-12(21)4-6-13/h3-8,14,17H,2,9-11H2,1H3/t14-,17-,20-/m1/s1. The lowest BCUT2D eigenvalue weighted by Gasteiger charge is -2.50. The molecule has 1 saturated heterocycles. The number of fused-ring (bicyclic) bond motifs is 3. The molecule has 2 aliphatic rings. The average molecular weight is 429 g/mol. The maximum atomic E-state index is 15.0. The molecule has 0 unspecified atom stereocenters. The van der Waals surface area contributed by atoms with Gasteiger partial charge < -0.3 is 9.47 Å². The summed E-state index contributed by atoms with van der Waals surface area (Å²) in [5.41, 5.74) is -0.236. The minimum atomic E-state index is -4.12. The summed E-state index contributed by atoms with van der Waals surface area (Å²) in [6, 6.07) is 7.64. The molecule has 4 nitrogen and oxygen atoms in total. The van der Waals surface area contributed by atoms with Gasteiger partial charge in [-0.3, -0.25) is 0 Å². The van der Waals surface area contributed by atoms with Crippen LogP contribution in [0.15, 0.2) is 41.3 Å². The van der Waals surface area contributed by atoms with Crippen LogP contribution in [0.2, 0.25) is 5.02 Å². The van der Waals surface area contributed by atoms with Gasteiger partial charge in [0, 0.05) is 17.5 Å². The fourth-order valence-electron chi connectivity index (χ4n) is 4.45. The first kappa shape index (κ1) is 19.6. The molecular formula is C20H19ClF2O4S. The lowest BCUT2D eigenvalue weighted by Crippen LogP contribution is -2.57. The Kier molecular flexibility index (Phi) is 4.88. The van der Waals surface area contributed by atoms with Gasteiger partial charge in [0.1, 0.15) is 10.6 Å². The zero-order chi connectivity index (χ0) is 20.1. The first-order valence-corrected chi connectivity index (χ1v) is 10.9. The van der Waals surface area contributed by atoms with Crippen molar-refractivity contribution in [2.24, 2.45) is 5.92 Å². The van der Waals surface area contributed by atoms with Gasteiger partial charge in [0.05, 0.1) is 23.2 Å². The van der Waals surface area contributed by atoms with Crippen molar-refractivity contribution in [3.63, 3.8) is 0 Å². The second-order valence-electron chi connectivity index (χ2n) is 7.07. The number of sulfone groups is 1. The second-order valence-corrected chi connectivity index (χ2v) is 9.71. The Morgan fingerprint density at radius 2 is 1.82 bits per heavy atom. The average Bonchev–Trinajstić information content (AvgIpc) is 2.69. The number of ether oxygens (including phenoxy) is 2. The van der Waals surface area contributed by atoms with Gasteiger partial charge in [-0.15, -0.1) is 0 Å². The van der Waals surface area contributed by atoms with Crippen LogP contribution in [0, 0.1) is 17.6 Å². The number of hydrogen-bond donors (Lipinski definition) is 0. The highest BCUT2D eigenvalue weighted by molar-refractivity contribution is 7.92. The Morgan fingerprint density at radius 1 is 1.14 bits per heavy atom. The Balaban J connectivity index is 2.04. The minimum Gasteiger partial charge on any atom is -0.490 e. The van der Waals surface area contributed by atoms with Crippen molar-refractivity contribution in [1.29, 1.82) is 0 Å². The van der Waals surface area contributed by atoms with Crippen molar-refractivity contribution in [2.75, 3.05) is 13.2 Å². The molecule has 8 heteroatoms. The quantitative estimate of drug-likeness (QED) is 0.722. The molecule has 150 valence electrons. The Hall–Kier alpha value is -1.70. The van der Waals surface area contributed by atoms with Crippen LogP contribution in [0.1, 0.15) is 25.3 Å². The third-order valence-corrected chi connectivity index (χ3v) is 8.56. The topological polar surface area (TPSA) is 52.6 Å². The van der Waals surface area contributed by atoms with Crippen molar-refractivity contribution >= 4 is 21.4 Å². The normalized spacial score (nSPS) is 26.9. The SMILES string of the molecule is CC[C@H]1OCC[C@]2(S(=O)(=O)c3ccc(Cl)cc3)c3c(F)ccc(F)c3OC[C@H]12. The second kappa shape index (κ2) is 6.97. The number of hydrogen-bond acceptors (Lipinski definition) is 4. The summed E-state index contributed by atoms with van der Waals surface area (Å²) in [6.45, 7) is 1.92. The van der Waals surface area contributed by atoms with Crippen molar-refractivity contribution in [2.45, 2.75) is 35.5 Å². The molecule has 0 spiro atoms. The van der Waals surface area contributed by atoms with E-state index in [1.807, 2.05) is 6.92 Å². The fourth-order valence-corrected chi connectivity index (χ4v) is 6.92. The lowest BCUT2D eigenvalue weighted by molar-refractivity contribution is -0.0736. The Bertz CT molecular complexity index is 1010. The Morgan fingerprint density at radius 3 is 2.50 bits per heavy atom. The van der Waals surface area contributed by atoms with E-state index in [1.165, 1.54) is 24.3 Å². The molecule has 2 aromatic rings. The zero-order valence-electron chi connectivity index (χ0n) is 15.1. The zero-order valence-corrected chi connectivity index (χ0v) is 16.7. The van der Waals surface area contributed by atoms with Crippen molar-refractivity contribution in [3.05, 3.63) is 58.6 Å². The maximum Gasteiger partial charge on any atom is 0.189 e. The highest BCUT2D eigenvalue weighted by atomic mass is 35.5. The molecule has 1 fully saturated rings. The van der Waals surface area contributed by atoms with E-state index in [0.29, 0.717) is 11.4 Å². The van der Waals surface area contributed by atoms with E-state index in [9.17, 15) is 12.8 Å². The van der Waals surface area contributed by atoms with Gasteiger partial charge in [-0.05, 0) is 49.2 Å². The van der Waals surface area contributed by atoms with E-state index < -0.39 is 38.2 Å². The molecule has 2 heterocycles. The van der Waals surface area contributed by atoms with E-state index in [4.69, 9.17) is 21.1 Å². The molecule has 2 aliphatic heterocycles. The Labute approximate surface area is 167 Å². The molecule has 0 aromatic heterocycles. The highest BCUT2D eigenvalue weighted by Crippen LogP contribution is 2.55. The molecule has 4 rings (SSSR count). The van der Waals surface area contributed by atoms with Crippen LogP contribution in [0.5, 0.6) is 5.75 Å². The molecular weight excluding hydrogens is 410 g/mol. The van der Waals surface area contributed by atoms with Crippen LogP contribution in [-0.4, -0.2) is 27.7 Å². The monoisotopic (exact) mass is 428 g/mol. The lowest BCUT2D eigenvalue weighted by atomic mass is 9.75. The molecule has 0 radical (unpaired) electrons. The number of rotatable bonds is 3. The third-order valence-electron chi connectivity index (χ3n) is 5.75. The van der Waals surface area contributed by atoms with Crippen LogP contribution in [0.3, 0.4) is 0 Å². The van der Waals surface area contributed by atoms with Crippen LogP contribution in [-0.2, 0) is 19.3 Å². The summed E-state index contributed by atoms with van der Waals surface area (Å²) < 4.78 is 66.9. The van der Waals surface area contributed by atoms with Crippen LogP contribution < -0.4 is 4.74 Å². The number of halogens is 3. The van der Waals surface area contributed by atoms with Crippen LogP contribution in [0.4, 0.5) is 8.78 Å². The van der Waals surface area contributed by atoms with E-state index >= 15 is 4.39 Å². The van der Waals surface area contributed by atoms with E-state index in [-0.39, 0.29) is 35.8 Å². The molecule has 28 heavy (non-hydrogen) atoms. The fraction of sp³-hybridized carbons (Fsp3) is 0.400. The highest BCUT2D eigenvalue weighted by Gasteiger charge is 2.61. The maximum absolute atomic E-state index is 15.0. The summed E-state index contributed by atoms with van der Waals surface area (Å²) in [5.74, 6) is -2.57. The summed E-state index contributed by atoms with van der Waals surface area (Å²) >= 11 is 5.91. The predicted molar refractivity (Wildman–Crippen MR) is 100 cm³/mol. The van der Waals surface area contributed by atoms with Gasteiger partial charge in [-0.25, -0.2) is 17.2 Å². The van der Waals surface area contributed by atoms with Gasteiger partial charge in [0.25, 0.3) is 0 Å². The summed E-state index contributed by atoms with van der Waals surface area (Å²) in [5, 5.41) is 0.385. The van der Waals surface area contributed by atoms with Crippen molar-refractivity contribution in [3.8, 4) is 5.75 Å². The molecule has 0 amide bonds. The molecule has 0 saturated carbocycles. The van der Waals surface area contributed by atoms with Crippen LogP contribution in [0.25, 0.3) is 0 Å². The molecule has 2 aromatic carbocycles. The van der Waals surface area contributed by atoms with Crippen molar-refractivity contribution in [1.82, 2.24) is 0 Å². The van der Waals surface area contributed by atoms with Crippen molar-refractivity contribution < 1.29 is 26.7 Å². The van der Waals surface area contributed by atoms with E-state index in [1.54, 1.807) is 0 Å². The van der Waals surface area contributed by atoms with Gasteiger partial charge >= 0.3 is 0 Å². The largest absolute Gasteiger partial charge is 0.490 e. The third kappa shape index (κ3) is 2.67. The van der Waals surface area contributed by atoms with E-state index in [2.05, 4.69) is 0 Å². The molecule has 3 atom stereocenters. The first-order chi connectivity index (χ1) is 13.3. The predicted octanol–water partition coefficient (Wildman–Crippen LogP) is 4.49. The summed E-state index contributed by atoms with van der Waals surface area (Å²) in [4.78, 5) is 0.00941. The summed E-state index contributed by atoms with van der Waals surface area (Å²) in [6.07, 6.45) is 0.0836. The first-order valence-electron chi connectivity index (χ1n) is 9.06. The van der Waals surface area contributed by atoms with Gasteiger partial charge in [0.2, 0.25) is 0 Å². The molecule has 0 aliphatic carbocycles. The minimum absolute atomic E-state index is 0.00941.